The third-order valence-electron chi connectivity index (χ3n) is 3.05. The Hall–Kier alpha value is -1.79. The number of hydrogen-bond donors (Lipinski definition) is 4. The highest BCUT2D eigenvalue weighted by Crippen LogP contribution is 2.28. The van der Waals surface area contributed by atoms with Gasteiger partial charge in [0.2, 0.25) is 0 Å². The van der Waals surface area contributed by atoms with Crippen molar-refractivity contribution in [1.82, 2.24) is 10.6 Å². The summed E-state index contributed by atoms with van der Waals surface area (Å²) in [5.74, 6) is -1.97. The molecule has 1 saturated carbocycles. The number of carbonyl (C=O) groups is 3. The molecular weight excluding hydrogens is 240 g/mol. The maximum absolute atomic E-state index is 11.3. The zero-order valence-corrected chi connectivity index (χ0v) is 10.0. The van der Waals surface area contributed by atoms with Crippen LogP contribution in [0.3, 0.4) is 0 Å². The van der Waals surface area contributed by atoms with E-state index in [9.17, 15) is 14.4 Å². The molecule has 1 aliphatic rings. The number of carbonyl (C=O) groups excluding carboxylic acids is 1. The zero-order chi connectivity index (χ0) is 13.5. The summed E-state index contributed by atoms with van der Waals surface area (Å²) >= 11 is 0. The molecule has 0 saturated heterocycles. The van der Waals surface area contributed by atoms with Crippen molar-refractivity contribution in [1.29, 1.82) is 0 Å². The van der Waals surface area contributed by atoms with Crippen molar-refractivity contribution < 1.29 is 24.6 Å². The van der Waals surface area contributed by atoms with Crippen molar-refractivity contribution in [2.24, 2.45) is 5.92 Å². The molecule has 0 heterocycles. The molecule has 0 bridgehead atoms. The Labute approximate surface area is 105 Å². The maximum Gasteiger partial charge on any atom is 0.326 e. The van der Waals surface area contributed by atoms with Crippen LogP contribution in [0.4, 0.5) is 4.79 Å². The fourth-order valence-corrected chi connectivity index (χ4v) is 1.76. The minimum Gasteiger partial charge on any atom is -0.481 e. The van der Waals surface area contributed by atoms with Crippen molar-refractivity contribution in [3.8, 4) is 0 Å². The second-order valence-electron chi connectivity index (χ2n) is 4.47. The van der Waals surface area contributed by atoms with E-state index in [4.69, 9.17) is 10.2 Å². The lowest BCUT2D eigenvalue weighted by Gasteiger charge is -2.25. The molecule has 2 amide bonds. The van der Waals surface area contributed by atoms with Crippen LogP contribution in [0.2, 0.25) is 0 Å². The molecule has 1 fully saturated rings. The van der Waals surface area contributed by atoms with Gasteiger partial charge in [-0.2, -0.15) is 0 Å². The molecule has 0 aliphatic heterocycles. The van der Waals surface area contributed by atoms with Gasteiger partial charge in [-0.3, -0.25) is 4.79 Å². The first-order chi connectivity index (χ1) is 8.49. The summed E-state index contributed by atoms with van der Waals surface area (Å²) in [4.78, 5) is 32.5. The molecule has 0 aromatic carbocycles. The SMILES string of the molecule is O=C(O)CC(NC(=O)NCCC1CCC1)C(=O)O. The van der Waals surface area contributed by atoms with Crippen LogP contribution in [0, 0.1) is 5.92 Å². The topological polar surface area (TPSA) is 116 Å². The number of nitrogens with one attached hydrogen (secondary N) is 2. The number of carboxylic acid groups (broad SMARTS) is 2. The summed E-state index contributed by atoms with van der Waals surface area (Å²) in [6.07, 6.45) is 3.84. The van der Waals surface area contributed by atoms with Crippen LogP contribution >= 0.6 is 0 Å². The number of aliphatic carboxylic acids is 2. The lowest BCUT2D eigenvalue weighted by Crippen LogP contribution is -2.47. The molecule has 1 aliphatic carbocycles. The van der Waals surface area contributed by atoms with E-state index in [0.29, 0.717) is 12.5 Å². The van der Waals surface area contributed by atoms with E-state index in [-0.39, 0.29) is 0 Å². The highest BCUT2D eigenvalue weighted by Gasteiger charge is 2.23. The quantitative estimate of drug-likeness (QED) is 0.527. The molecule has 0 spiro atoms. The Balaban J connectivity index is 2.22. The van der Waals surface area contributed by atoms with Gasteiger partial charge >= 0.3 is 18.0 Å². The van der Waals surface area contributed by atoms with Crippen LogP contribution in [0.5, 0.6) is 0 Å². The fraction of sp³-hybridized carbons (Fsp3) is 0.727. The first-order valence-electron chi connectivity index (χ1n) is 5.98. The first kappa shape index (κ1) is 14.3. The van der Waals surface area contributed by atoms with Gasteiger partial charge in [0.25, 0.3) is 0 Å². The van der Waals surface area contributed by atoms with E-state index in [1.807, 2.05) is 0 Å². The summed E-state index contributed by atoms with van der Waals surface area (Å²) in [5, 5.41) is 21.9. The standard InChI is InChI=1S/C11H18N2O5/c14-9(15)6-8(10(16)17)13-11(18)12-5-4-7-2-1-3-7/h7-8H,1-6H2,(H,14,15)(H,16,17)(H2,12,13,18). The van der Waals surface area contributed by atoms with Gasteiger partial charge in [-0.15, -0.1) is 0 Å². The lowest BCUT2D eigenvalue weighted by atomic mass is 9.83. The van der Waals surface area contributed by atoms with E-state index >= 15 is 0 Å². The van der Waals surface area contributed by atoms with E-state index in [1.165, 1.54) is 19.3 Å². The highest BCUT2D eigenvalue weighted by molar-refractivity contribution is 5.86. The molecule has 102 valence electrons. The summed E-state index contributed by atoms with van der Waals surface area (Å²) in [5.41, 5.74) is 0. The van der Waals surface area contributed by atoms with Crippen molar-refractivity contribution in [3.05, 3.63) is 0 Å². The molecule has 0 radical (unpaired) electrons. The fourth-order valence-electron chi connectivity index (χ4n) is 1.76. The monoisotopic (exact) mass is 258 g/mol. The van der Waals surface area contributed by atoms with Crippen LogP contribution in [0.15, 0.2) is 0 Å². The Kier molecular flexibility index (Phi) is 5.41. The summed E-state index contributed by atoms with van der Waals surface area (Å²) in [7, 11) is 0. The molecule has 1 rings (SSSR count). The average molecular weight is 258 g/mol. The predicted octanol–water partition coefficient (Wildman–Crippen LogP) is 0.404. The van der Waals surface area contributed by atoms with E-state index in [0.717, 1.165) is 6.42 Å². The first-order valence-corrected chi connectivity index (χ1v) is 5.98. The van der Waals surface area contributed by atoms with Crippen molar-refractivity contribution in [3.63, 3.8) is 0 Å². The van der Waals surface area contributed by atoms with Gasteiger partial charge in [-0.1, -0.05) is 19.3 Å². The van der Waals surface area contributed by atoms with Crippen molar-refractivity contribution in [2.45, 2.75) is 38.1 Å². The minimum absolute atomic E-state index is 0.482. The average Bonchev–Trinajstić information content (AvgIpc) is 2.20. The van der Waals surface area contributed by atoms with Crippen LogP contribution in [0.1, 0.15) is 32.1 Å². The van der Waals surface area contributed by atoms with Gasteiger partial charge in [0.1, 0.15) is 6.04 Å². The number of rotatable bonds is 7. The van der Waals surface area contributed by atoms with Gasteiger partial charge in [0.15, 0.2) is 0 Å². The molecule has 0 aromatic heterocycles. The molecule has 4 N–H and O–H groups in total. The molecular formula is C11H18N2O5. The Morgan fingerprint density at radius 3 is 2.33 bits per heavy atom. The minimum atomic E-state index is -1.40. The molecule has 18 heavy (non-hydrogen) atoms. The number of amides is 2. The highest BCUT2D eigenvalue weighted by atomic mass is 16.4. The van der Waals surface area contributed by atoms with Crippen LogP contribution < -0.4 is 10.6 Å². The van der Waals surface area contributed by atoms with E-state index in [2.05, 4.69) is 10.6 Å². The van der Waals surface area contributed by atoms with E-state index < -0.39 is 30.4 Å². The maximum atomic E-state index is 11.3. The van der Waals surface area contributed by atoms with Crippen LogP contribution in [0.25, 0.3) is 0 Å². The third kappa shape index (κ3) is 5.03. The molecule has 1 atom stereocenters. The van der Waals surface area contributed by atoms with Crippen LogP contribution in [-0.4, -0.2) is 40.8 Å². The number of carboxylic acids is 2. The Morgan fingerprint density at radius 2 is 1.89 bits per heavy atom. The van der Waals surface area contributed by atoms with Crippen molar-refractivity contribution >= 4 is 18.0 Å². The third-order valence-corrected chi connectivity index (χ3v) is 3.05. The van der Waals surface area contributed by atoms with Gasteiger partial charge in [-0.05, 0) is 12.3 Å². The normalized spacial score (nSPS) is 16.4. The molecule has 0 aromatic rings. The van der Waals surface area contributed by atoms with Gasteiger partial charge in [0.05, 0.1) is 6.42 Å². The summed E-state index contributed by atoms with van der Waals surface area (Å²) in [6, 6.07) is -2.03. The van der Waals surface area contributed by atoms with Crippen LogP contribution in [-0.2, 0) is 9.59 Å². The second-order valence-corrected chi connectivity index (χ2v) is 4.47. The van der Waals surface area contributed by atoms with Gasteiger partial charge in [0, 0.05) is 6.54 Å². The molecule has 7 heteroatoms. The smallest absolute Gasteiger partial charge is 0.326 e. The van der Waals surface area contributed by atoms with Gasteiger partial charge < -0.3 is 20.8 Å². The molecule has 1 unspecified atom stereocenters. The Morgan fingerprint density at radius 1 is 1.22 bits per heavy atom. The molecule has 7 nitrogen and oxygen atoms in total. The predicted molar refractivity (Wildman–Crippen MR) is 62.2 cm³/mol. The van der Waals surface area contributed by atoms with Crippen molar-refractivity contribution in [2.75, 3.05) is 6.54 Å². The van der Waals surface area contributed by atoms with Gasteiger partial charge in [-0.25, -0.2) is 9.59 Å². The number of urea groups is 1. The zero-order valence-electron chi connectivity index (χ0n) is 10.0. The largest absolute Gasteiger partial charge is 0.481 e. The lowest BCUT2D eigenvalue weighted by molar-refractivity contribution is -0.145. The number of hydrogen-bond acceptors (Lipinski definition) is 3. The summed E-state index contributed by atoms with van der Waals surface area (Å²) in [6.45, 7) is 0.482. The Bertz CT molecular complexity index is 327. The second kappa shape index (κ2) is 6.83. The summed E-state index contributed by atoms with van der Waals surface area (Å²) < 4.78 is 0. The van der Waals surface area contributed by atoms with E-state index in [1.54, 1.807) is 0 Å².